The average Bonchev–Trinajstić information content (AvgIpc) is 3.31. The highest BCUT2D eigenvalue weighted by Gasteiger charge is 2.15. The Labute approximate surface area is 365 Å². The van der Waals surface area contributed by atoms with Crippen molar-refractivity contribution in [2.75, 3.05) is 14.7 Å². The van der Waals surface area contributed by atoms with Crippen LogP contribution in [0.5, 0.6) is 0 Å². The molecular weight excluding hydrogens is 739 g/mol. The van der Waals surface area contributed by atoms with Gasteiger partial charge in [-0.05, 0) is 155 Å². The van der Waals surface area contributed by atoms with Crippen LogP contribution in [0.1, 0.15) is 63.8 Å². The zero-order valence-corrected chi connectivity index (χ0v) is 36.4. The van der Waals surface area contributed by atoms with Gasteiger partial charge in [0, 0.05) is 51.2 Å². The van der Waals surface area contributed by atoms with Gasteiger partial charge in [0.25, 0.3) is 0 Å². The fourth-order valence-corrected chi connectivity index (χ4v) is 7.23. The van der Waals surface area contributed by atoms with E-state index in [9.17, 15) is 0 Å². The molecule has 0 saturated heterocycles. The smallest absolute Gasteiger partial charge is 0.0462 e. The second-order valence-electron chi connectivity index (χ2n) is 14.4. The highest BCUT2D eigenvalue weighted by Crippen LogP contribution is 2.35. The molecule has 0 fully saturated rings. The molecule has 0 heterocycles. The summed E-state index contributed by atoms with van der Waals surface area (Å²) in [5.74, 6) is 0. The topological polar surface area (TPSA) is 9.72 Å². The van der Waals surface area contributed by atoms with Crippen LogP contribution in [0.15, 0.2) is 230 Å². The van der Waals surface area contributed by atoms with Gasteiger partial charge in [-0.2, -0.15) is 0 Å². The van der Waals surface area contributed by atoms with E-state index in [1.165, 1.54) is 0 Å². The molecule has 6 rings (SSSR count). The van der Waals surface area contributed by atoms with Gasteiger partial charge < -0.3 is 14.7 Å². The third-order valence-electron chi connectivity index (χ3n) is 10.2. The molecule has 0 aliphatic rings. The highest BCUT2D eigenvalue weighted by atomic mass is 15.2. The molecule has 0 unspecified atom stereocenters. The van der Waals surface area contributed by atoms with E-state index in [0.29, 0.717) is 0 Å². The molecule has 0 saturated carbocycles. The average molecular weight is 796 g/mol. The number of benzene rings is 6. The Morgan fingerprint density at radius 1 is 0.311 bits per heavy atom. The molecule has 0 amide bonds. The fraction of sp³-hybridized carbons (Fsp3) is 0.103. The number of nitrogens with zero attached hydrogens (tertiary/aromatic N) is 3. The van der Waals surface area contributed by atoms with Crippen molar-refractivity contribution in [3.63, 3.8) is 0 Å². The lowest BCUT2D eigenvalue weighted by Crippen LogP contribution is -2.19. The molecule has 0 spiro atoms. The number of para-hydroxylation sites is 2. The molecule has 0 bridgehead atoms. The van der Waals surface area contributed by atoms with Gasteiger partial charge in [-0.1, -0.05) is 146 Å². The highest BCUT2D eigenvalue weighted by molar-refractivity contribution is 5.79. The van der Waals surface area contributed by atoms with E-state index in [1.807, 2.05) is 0 Å². The van der Waals surface area contributed by atoms with Crippen LogP contribution >= 0.6 is 0 Å². The minimum absolute atomic E-state index is 1.10. The Bertz CT molecular complexity index is 2460. The molecule has 0 aliphatic heterocycles. The van der Waals surface area contributed by atoms with Crippen LogP contribution in [0.2, 0.25) is 0 Å². The summed E-state index contributed by atoms with van der Waals surface area (Å²) in [7, 11) is 0. The Morgan fingerprint density at radius 2 is 0.607 bits per heavy atom. The predicted octanol–water partition coefficient (Wildman–Crippen LogP) is 16.9. The maximum Gasteiger partial charge on any atom is 0.0462 e. The lowest BCUT2D eigenvalue weighted by atomic mass is 10.1. The van der Waals surface area contributed by atoms with Crippen molar-refractivity contribution < 1.29 is 0 Å². The summed E-state index contributed by atoms with van der Waals surface area (Å²) in [6.07, 6.45) is 27.8. The molecule has 6 aromatic carbocycles. The largest absolute Gasteiger partial charge is 0.311 e. The maximum absolute atomic E-state index is 2.30. The van der Waals surface area contributed by atoms with Crippen LogP contribution in [0.4, 0.5) is 34.1 Å². The lowest BCUT2D eigenvalue weighted by Gasteiger charge is -2.27. The molecule has 0 aromatic heterocycles. The molecule has 304 valence electrons. The summed E-state index contributed by atoms with van der Waals surface area (Å²) in [6, 6.07) is 56.0. The van der Waals surface area contributed by atoms with Crippen LogP contribution in [0.3, 0.4) is 0 Å². The third-order valence-corrected chi connectivity index (χ3v) is 10.2. The first-order valence-corrected chi connectivity index (χ1v) is 21.1. The molecule has 0 N–H and O–H groups in total. The summed E-state index contributed by atoms with van der Waals surface area (Å²) < 4.78 is 0. The van der Waals surface area contributed by atoms with Crippen molar-refractivity contribution in [2.24, 2.45) is 0 Å². The van der Waals surface area contributed by atoms with Crippen molar-refractivity contribution in [3.8, 4) is 0 Å². The lowest BCUT2D eigenvalue weighted by molar-refractivity contribution is 1.12. The Morgan fingerprint density at radius 3 is 0.934 bits per heavy atom. The number of rotatable bonds is 16. The van der Waals surface area contributed by atoms with E-state index >= 15 is 0 Å². The van der Waals surface area contributed by atoms with Gasteiger partial charge in [0.1, 0.15) is 0 Å². The quantitative estimate of drug-likeness (QED) is 0.0714. The first kappa shape index (κ1) is 43.2. The number of hydrogen-bond acceptors (Lipinski definition) is 3. The molecule has 3 nitrogen and oxygen atoms in total. The molecule has 0 atom stereocenters. The summed E-state index contributed by atoms with van der Waals surface area (Å²) in [4.78, 5) is 6.86. The molecule has 0 radical (unpaired) electrons. The Hall–Kier alpha value is -7.36. The van der Waals surface area contributed by atoms with E-state index in [1.54, 1.807) is 0 Å². The standard InChI is InChI=1S/C58H57N3/c1-7-19-50(10-4)59(51(11-5)20-8-2)55-38-30-46(31-39-55)26-27-47-32-40-56(41-33-47)60(52(12-6)21-9-3)57-42-34-48(35-43-57)28-29-49-36-44-58(45-37-49)61(53-22-15-13-16-23-53)54-24-17-14-18-25-54/h7-45H,1-6H3/b19-7-,20-8-,21-9-,27-26+,29-28+,50-10+,51-11+,52-12+. The van der Waals surface area contributed by atoms with E-state index in [-0.39, 0.29) is 0 Å². The SMILES string of the molecule is C/C=C\C(=C/C)N(C(/C=C\C)=C/C)c1ccc(/C=C/c2ccc(N(C(/C=C\C)=C/C)c3ccc(/C=C/c4ccc(N(c5ccccc5)c5ccccc5)cc4)cc3)cc2)cc1. The minimum Gasteiger partial charge on any atom is -0.311 e. The van der Waals surface area contributed by atoms with Gasteiger partial charge in [-0.15, -0.1) is 0 Å². The van der Waals surface area contributed by atoms with Crippen molar-refractivity contribution in [1.29, 1.82) is 0 Å². The summed E-state index contributed by atoms with van der Waals surface area (Å²) in [5.41, 5.74) is 14.6. The van der Waals surface area contributed by atoms with E-state index < -0.39 is 0 Å². The van der Waals surface area contributed by atoms with Gasteiger partial charge in [0.2, 0.25) is 0 Å². The van der Waals surface area contributed by atoms with Gasteiger partial charge in [0.15, 0.2) is 0 Å². The van der Waals surface area contributed by atoms with E-state index in [0.717, 1.165) is 73.5 Å². The Balaban J connectivity index is 1.17. The first-order valence-electron chi connectivity index (χ1n) is 21.1. The monoisotopic (exact) mass is 795 g/mol. The second kappa shape index (κ2) is 22.1. The van der Waals surface area contributed by atoms with Crippen LogP contribution in [0, 0.1) is 0 Å². The summed E-state index contributed by atoms with van der Waals surface area (Å²) >= 11 is 0. The third kappa shape index (κ3) is 11.2. The van der Waals surface area contributed by atoms with Gasteiger partial charge in [0.05, 0.1) is 0 Å². The second-order valence-corrected chi connectivity index (χ2v) is 14.4. The molecule has 0 aliphatic carbocycles. The summed E-state index contributed by atoms with van der Waals surface area (Å²) in [6.45, 7) is 12.4. The van der Waals surface area contributed by atoms with Gasteiger partial charge in [-0.25, -0.2) is 0 Å². The van der Waals surface area contributed by atoms with Crippen molar-refractivity contribution in [3.05, 3.63) is 252 Å². The molecule has 3 heteroatoms. The number of allylic oxidation sites excluding steroid dienone is 9. The molecule has 6 aromatic rings. The Kier molecular flexibility index (Phi) is 15.7. The van der Waals surface area contributed by atoms with Crippen LogP contribution in [0.25, 0.3) is 24.3 Å². The van der Waals surface area contributed by atoms with E-state index in [2.05, 4.69) is 293 Å². The first-order chi connectivity index (χ1) is 30.0. The van der Waals surface area contributed by atoms with Crippen LogP contribution in [-0.4, -0.2) is 0 Å². The molecular formula is C58H57N3. The predicted molar refractivity (Wildman–Crippen MR) is 269 cm³/mol. The van der Waals surface area contributed by atoms with Crippen molar-refractivity contribution in [1.82, 2.24) is 0 Å². The van der Waals surface area contributed by atoms with Gasteiger partial charge in [-0.3, -0.25) is 0 Å². The van der Waals surface area contributed by atoms with E-state index in [4.69, 9.17) is 0 Å². The van der Waals surface area contributed by atoms with Crippen molar-refractivity contribution >= 4 is 58.4 Å². The van der Waals surface area contributed by atoms with Crippen LogP contribution < -0.4 is 14.7 Å². The maximum atomic E-state index is 2.30. The number of hydrogen-bond donors (Lipinski definition) is 0. The molecule has 61 heavy (non-hydrogen) atoms. The minimum atomic E-state index is 1.10. The number of anilines is 6. The zero-order chi connectivity index (χ0) is 42.8. The van der Waals surface area contributed by atoms with Crippen LogP contribution in [-0.2, 0) is 0 Å². The zero-order valence-electron chi connectivity index (χ0n) is 36.4. The fourth-order valence-electron chi connectivity index (χ4n) is 7.23. The van der Waals surface area contributed by atoms with Crippen molar-refractivity contribution in [2.45, 2.75) is 41.5 Å². The summed E-state index contributed by atoms with van der Waals surface area (Å²) in [5, 5.41) is 0. The van der Waals surface area contributed by atoms with Gasteiger partial charge >= 0.3 is 0 Å². The normalized spacial score (nSPS) is 12.7.